The van der Waals surface area contributed by atoms with Gasteiger partial charge in [-0.05, 0) is 76.0 Å². The number of halogens is 2. The topological polar surface area (TPSA) is 109 Å². The lowest BCUT2D eigenvalue weighted by Crippen LogP contribution is -2.52. The van der Waals surface area contributed by atoms with Crippen LogP contribution in [0.25, 0.3) is 0 Å². The number of benzene rings is 1. The molecule has 1 aliphatic heterocycles. The minimum Gasteiger partial charge on any atom is -0.435 e. The van der Waals surface area contributed by atoms with Crippen molar-refractivity contribution >= 4 is 35.2 Å². The molecule has 1 atom stereocenters. The van der Waals surface area contributed by atoms with Crippen LogP contribution in [0.5, 0.6) is 0 Å². The number of carbonyl (C=O) groups excluding carboxylic acids is 3. The first-order chi connectivity index (χ1) is 15.3. The highest BCUT2D eigenvalue weighted by molar-refractivity contribution is 6.35. The third-order valence-electron chi connectivity index (χ3n) is 6.26. The number of amides is 3. The lowest BCUT2D eigenvalue weighted by Gasteiger charge is -2.42. The van der Waals surface area contributed by atoms with Gasteiger partial charge in [0.2, 0.25) is 0 Å². The first-order valence-corrected chi connectivity index (χ1v) is 11.3. The number of hydrazone groups is 1. The van der Waals surface area contributed by atoms with Gasteiger partial charge in [0.1, 0.15) is 11.5 Å². The minimum atomic E-state index is -0.934. The van der Waals surface area contributed by atoms with E-state index in [2.05, 4.69) is 21.2 Å². The number of nitrogens with one attached hydrogen (secondary N) is 3. The molecule has 4 rings (SSSR count). The summed E-state index contributed by atoms with van der Waals surface area (Å²) in [5.41, 5.74) is 2.40. The highest BCUT2D eigenvalue weighted by atomic mass is 35.5. The Balaban J connectivity index is 1.37. The maximum absolute atomic E-state index is 13.5. The van der Waals surface area contributed by atoms with Crippen LogP contribution in [0.15, 0.2) is 23.3 Å². The summed E-state index contributed by atoms with van der Waals surface area (Å²) in [5.74, 6) is -1.37. The van der Waals surface area contributed by atoms with Crippen LogP contribution in [0, 0.1) is 11.7 Å². The van der Waals surface area contributed by atoms with Gasteiger partial charge in [-0.2, -0.15) is 5.10 Å². The molecule has 3 N–H and O–H groups in total. The van der Waals surface area contributed by atoms with Gasteiger partial charge in [-0.15, -0.1) is 0 Å². The Hall–Kier alpha value is -2.68. The van der Waals surface area contributed by atoms with E-state index >= 15 is 0 Å². The molecule has 2 saturated carbocycles. The molecule has 8 nitrogen and oxygen atoms in total. The Morgan fingerprint density at radius 1 is 1.28 bits per heavy atom. The Kier molecular flexibility index (Phi) is 6.37. The van der Waals surface area contributed by atoms with Gasteiger partial charge in [0.15, 0.2) is 5.60 Å². The highest BCUT2D eigenvalue weighted by Crippen LogP contribution is 2.41. The number of nitrogens with zero attached hydrogens (tertiary/aromatic N) is 1. The molecule has 0 unspecified atom stereocenters. The van der Waals surface area contributed by atoms with E-state index in [4.69, 9.17) is 16.3 Å². The Labute approximate surface area is 190 Å². The van der Waals surface area contributed by atoms with E-state index in [1.807, 2.05) is 6.92 Å². The van der Waals surface area contributed by atoms with Gasteiger partial charge in [-0.1, -0.05) is 11.6 Å². The maximum atomic E-state index is 13.5. The molecule has 1 heterocycles. The van der Waals surface area contributed by atoms with Gasteiger partial charge in [0.05, 0.1) is 5.02 Å². The standard InChI is InChI=1S/C22H26ClFN4O4/c1-12(25-19(29)20(30)26-15-3-4-15)10-13-6-8-22(9-7-13)18(27-28-21(31)32-22)16-5-2-14(24)11-17(16)23/h2,5,11-13,15H,3-4,6-10H2,1H3,(H,25,29)(H,26,30)(H,28,31)/t12-,13?,22?/m0/s1. The van der Waals surface area contributed by atoms with Crippen molar-refractivity contribution < 1.29 is 23.5 Å². The summed E-state index contributed by atoms with van der Waals surface area (Å²) in [4.78, 5) is 35.9. The predicted molar refractivity (Wildman–Crippen MR) is 116 cm³/mol. The smallest absolute Gasteiger partial charge is 0.428 e. The Bertz CT molecular complexity index is 957. The van der Waals surface area contributed by atoms with Crippen LogP contribution in [0.4, 0.5) is 9.18 Å². The van der Waals surface area contributed by atoms with Crippen LogP contribution in [0.3, 0.4) is 0 Å². The molecule has 2 fully saturated rings. The molecular weight excluding hydrogens is 439 g/mol. The monoisotopic (exact) mass is 464 g/mol. The summed E-state index contributed by atoms with van der Waals surface area (Å²) in [6, 6.07) is 4.01. The summed E-state index contributed by atoms with van der Waals surface area (Å²) in [6.45, 7) is 1.88. The molecule has 1 spiro atoms. The molecule has 0 saturated heterocycles. The molecule has 1 aromatic carbocycles. The number of ether oxygens (including phenoxy) is 1. The molecule has 0 bridgehead atoms. The molecule has 2 aliphatic carbocycles. The van der Waals surface area contributed by atoms with Gasteiger partial charge in [0, 0.05) is 17.6 Å². The molecule has 32 heavy (non-hydrogen) atoms. The summed E-state index contributed by atoms with van der Waals surface area (Å²) in [5, 5.41) is 9.85. The van der Waals surface area contributed by atoms with E-state index in [1.165, 1.54) is 18.2 Å². The van der Waals surface area contributed by atoms with Crippen LogP contribution in [-0.2, 0) is 14.3 Å². The number of rotatable bonds is 5. The number of carbonyl (C=O) groups is 3. The van der Waals surface area contributed by atoms with Crippen LogP contribution >= 0.6 is 11.6 Å². The van der Waals surface area contributed by atoms with Crippen LogP contribution in [0.2, 0.25) is 5.02 Å². The van der Waals surface area contributed by atoms with E-state index in [-0.39, 0.29) is 23.0 Å². The van der Waals surface area contributed by atoms with E-state index < -0.39 is 29.3 Å². The van der Waals surface area contributed by atoms with Gasteiger partial charge in [-0.3, -0.25) is 9.59 Å². The zero-order valence-corrected chi connectivity index (χ0v) is 18.5. The average molecular weight is 465 g/mol. The molecule has 3 amide bonds. The first kappa shape index (κ1) is 22.5. The summed E-state index contributed by atoms with van der Waals surface area (Å²) in [7, 11) is 0. The van der Waals surface area contributed by atoms with Gasteiger partial charge < -0.3 is 15.4 Å². The Morgan fingerprint density at radius 2 is 2.00 bits per heavy atom. The second kappa shape index (κ2) is 9.05. The lowest BCUT2D eigenvalue weighted by atomic mass is 9.73. The summed E-state index contributed by atoms with van der Waals surface area (Å²) < 4.78 is 19.2. The van der Waals surface area contributed by atoms with Gasteiger partial charge >= 0.3 is 17.9 Å². The van der Waals surface area contributed by atoms with Crippen molar-refractivity contribution in [3.8, 4) is 0 Å². The van der Waals surface area contributed by atoms with Crippen molar-refractivity contribution in [2.45, 2.75) is 69.6 Å². The van der Waals surface area contributed by atoms with Crippen molar-refractivity contribution in [3.63, 3.8) is 0 Å². The van der Waals surface area contributed by atoms with E-state index in [1.54, 1.807) is 0 Å². The third-order valence-corrected chi connectivity index (χ3v) is 6.57. The molecular formula is C22H26ClFN4O4. The quantitative estimate of drug-likeness (QED) is 0.582. The molecule has 3 aliphatic rings. The summed E-state index contributed by atoms with van der Waals surface area (Å²) in [6.07, 6.45) is 4.45. The molecule has 0 aromatic heterocycles. The maximum Gasteiger partial charge on any atom is 0.428 e. The van der Waals surface area contributed by atoms with Crippen LogP contribution < -0.4 is 16.1 Å². The first-order valence-electron chi connectivity index (χ1n) is 10.9. The molecule has 1 aromatic rings. The van der Waals surface area contributed by atoms with E-state index in [9.17, 15) is 18.8 Å². The lowest BCUT2D eigenvalue weighted by molar-refractivity contribution is -0.139. The SMILES string of the molecule is C[C@@H](CC1CCC2(CC1)OC(=O)NN=C2c1ccc(F)cc1Cl)NC(=O)C(=O)NC1CC1. The molecule has 10 heteroatoms. The molecule has 0 radical (unpaired) electrons. The minimum absolute atomic E-state index is 0.135. The van der Waals surface area contributed by atoms with Crippen molar-refractivity contribution in [2.75, 3.05) is 0 Å². The van der Waals surface area contributed by atoms with E-state index in [0.717, 1.165) is 25.7 Å². The number of hydrogen-bond donors (Lipinski definition) is 3. The number of hydrogen-bond acceptors (Lipinski definition) is 5. The van der Waals surface area contributed by atoms with Gasteiger partial charge in [0.25, 0.3) is 0 Å². The average Bonchev–Trinajstić information content (AvgIpc) is 3.55. The zero-order valence-electron chi connectivity index (χ0n) is 17.7. The van der Waals surface area contributed by atoms with E-state index in [0.29, 0.717) is 30.5 Å². The second-order valence-corrected chi connectivity index (χ2v) is 9.29. The van der Waals surface area contributed by atoms with Crippen molar-refractivity contribution in [1.29, 1.82) is 0 Å². The largest absolute Gasteiger partial charge is 0.435 e. The van der Waals surface area contributed by atoms with Gasteiger partial charge in [-0.25, -0.2) is 14.6 Å². The fourth-order valence-corrected chi connectivity index (χ4v) is 4.74. The normalized spacial score (nSPS) is 25.9. The van der Waals surface area contributed by atoms with Crippen molar-refractivity contribution in [1.82, 2.24) is 16.1 Å². The summed E-state index contributed by atoms with van der Waals surface area (Å²) >= 11 is 6.25. The van der Waals surface area contributed by atoms with Crippen molar-refractivity contribution in [2.24, 2.45) is 11.0 Å². The predicted octanol–water partition coefficient (Wildman–Crippen LogP) is 3.03. The molecule has 172 valence electrons. The highest BCUT2D eigenvalue weighted by Gasteiger charge is 2.47. The van der Waals surface area contributed by atoms with Crippen LogP contribution in [-0.4, -0.2) is 41.3 Å². The fourth-order valence-electron chi connectivity index (χ4n) is 4.48. The fraction of sp³-hybridized carbons (Fsp3) is 0.545. The third kappa shape index (κ3) is 5.03. The van der Waals surface area contributed by atoms with Crippen LogP contribution in [0.1, 0.15) is 57.4 Å². The second-order valence-electron chi connectivity index (χ2n) is 8.88. The zero-order chi connectivity index (χ0) is 22.9. The van der Waals surface area contributed by atoms with Crippen molar-refractivity contribution in [3.05, 3.63) is 34.6 Å². The Morgan fingerprint density at radius 3 is 2.66 bits per heavy atom.